The highest BCUT2D eigenvalue weighted by Crippen LogP contribution is 2.28. The molecule has 0 bridgehead atoms. The summed E-state index contributed by atoms with van der Waals surface area (Å²) in [4.78, 5) is 10.6. The maximum atomic E-state index is 5.45. The fraction of sp³-hybridized carbons (Fsp3) is 0.172. The van der Waals surface area contributed by atoms with Gasteiger partial charge in [0.05, 0.1) is 0 Å². The molecule has 0 amide bonds. The number of nitrogens with zero attached hydrogens (tertiary/aromatic N) is 2. The molecule has 0 saturated heterocycles. The van der Waals surface area contributed by atoms with E-state index in [-0.39, 0.29) is 0 Å². The minimum Gasteiger partial charge on any atom is -0.241 e. The van der Waals surface area contributed by atoms with E-state index in [1.165, 1.54) is 32.7 Å². The van der Waals surface area contributed by atoms with Crippen LogP contribution in [0.3, 0.4) is 0 Å². The molecule has 4 rings (SSSR count). The van der Waals surface area contributed by atoms with E-state index in [0.29, 0.717) is 6.42 Å². The highest BCUT2D eigenvalue weighted by molar-refractivity contribution is 7.98. The fourth-order valence-electron chi connectivity index (χ4n) is 3.93. The average Bonchev–Trinajstić information content (AvgIpc) is 2.82. The van der Waals surface area contributed by atoms with Gasteiger partial charge in [0.15, 0.2) is 0 Å². The van der Waals surface area contributed by atoms with Gasteiger partial charge in [0.25, 0.3) is 0 Å². The number of rotatable bonds is 6. The zero-order valence-corrected chi connectivity index (χ0v) is 19.5. The number of aromatic nitrogens is 2. The van der Waals surface area contributed by atoms with Gasteiger partial charge in [-0.1, -0.05) is 42.3 Å². The molecule has 3 aromatic carbocycles. The van der Waals surface area contributed by atoms with Crippen LogP contribution in [0, 0.1) is 26.2 Å². The van der Waals surface area contributed by atoms with Crippen LogP contribution in [0.2, 0.25) is 0 Å². The SMILES string of the molecule is C#Cc1ccc(Cc2nccc(Cc3c(C)cc(-c4ccc(SC)cc4)cc3C)n2)cc1. The monoisotopic (exact) mass is 434 g/mol. The second-order valence-electron chi connectivity index (χ2n) is 7.98. The molecule has 0 fully saturated rings. The number of terminal acetylenes is 1. The molecule has 0 saturated carbocycles. The molecule has 0 atom stereocenters. The standard InChI is InChI=1S/C29H26N2S/c1-5-22-6-8-23(9-7-22)18-29-30-15-14-26(31-29)19-28-20(2)16-25(17-21(28)3)24-10-12-27(32-4)13-11-24/h1,6-17H,18-19H2,2-4H3. The number of aryl methyl sites for hydroxylation is 2. The van der Waals surface area contributed by atoms with Crippen molar-refractivity contribution in [3.63, 3.8) is 0 Å². The Morgan fingerprint density at radius 3 is 2.16 bits per heavy atom. The molecule has 0 radical (unpaired) electrons. The maximum absolute atomic E-state index is 5.45. The minimum atomic E-state index is 0.696. The molecular formula is C29H26N2S. The Morgan fingerprint density at radius 2 is 1.53 bits per heavy atom. The molecule has 0 aliphatic rings. The summed E-state index contributed by atoms with van der Waals surface area (Å²) in [5.41, 5.74) is 9.51. The van der Waals surface area contributed by atoms with Gasteiger partial charge in [-0.05, 0) is 83.8 Å². The molecule has 0 spiro atoms. The van der Waals surface area contributed by atoms with Crippen molar-refractivity contribution in [2.45, 2.75) is 31.6 Å². The van der Waals surface area contributed by atoms with E-state index in [4.69, 9.17) is 11.4 Å². The Labute approximate surface area is 195 Å². The van der Waals surface area contributed by atoms with Crippen LogP contribution in [0.15, 0.2) is 77.8 Å². The van der Waals surface area contributed by atoms with Crippen LogP contribution in [-0.2, 0) is 12.8 Å². The molecule has 0 N–H and O–H groups in total. The first-order chi connectivity index (χ1) is 15.6. The molecule has 0 unspecified atom stereocenters. The normalized spacial score (nSPS) is 10.7. The Balaban J connectivity index is 1.54. The molecule has 2 nitrogen and oxygen atoms in total. The first kappa shape index (κ1) is 21.9. The Kier molecular flexibility index (Phi) is 6.73. The van der Waals surface area contributed by atoms with E-state index in [2.05, 4.69) is 67.4 Å². The van der Waals surface area contributed by atoms with Crippen molar-refractivity contribution in [1.82, 2.24) is 9.97 Å². The zero-order valence-electron chi connectivity index (χ0n) is 18.7. The highest BCUT2D eigenvalue weighted by Gasteiger charge is 2.10. The fourth-order valence-corrected chi connectivity index (χ4v) is 4.34. The number of thioether (sulfide) groups is 1. The summed E-state index contributed by atoms with van der Waals surface area (Å²) >= 11 is 1.77. The first-order valence-electron chi connectivity index (χ1n) is 10.7. The van der Waals surface area contributed by atoms with Gasteiger partial charge in [-0.15, -0.1) is 18.2 Å². The summed E-state index contributed by atoms with van der Waals surface area (Å²) in [5.74, 6) is 3.48. The van der Waals surface area contributed by atoms with Crippen LogP contribution in [0.4, 0.5) is 0 Å². The van der Waals surface area contributed by atoms with Crippen molar-refractivity contribution in [1.29, 1.82) is 0 Å². The van der Waals surface area contributed by atoms with Crippen LogP contribution >= 0.6 is 11.8 Å². The van der Waals surface area contributed by atoms with Gasteiger partial charge < -0.3 is 0 Å². The van der Waals surface area contributed by atoms with Crippen LogP contribution in [0.5, 0.6) is 0 Å². The van der Waals surface area contributed by atoms with Gasteiger partial charge in [0.2, 0.25) is 0 Å². The van der Waals surface area contributed by atoms with Crippen molar-refractivity contribution in [3.05, 3.63) is 112 Å². The van der Waals surface area contributed by atoms with E-state index in [1.54, 1.807) is 11.8 Å². The van der Waals surface area contributed by atoms with Crippen LogP contribution in [0.25, 0.3) is 11.1 Å². The van der Waals surface area contributed by atoms with E-state index in [1.807, 2.05) is 36.5 Å². The van der Waals surface area contributed by atoms with Crippen LogP contribution < -0.4 is 0 Å². The first-order valence-corrected chi connectivity index (χ1v) is 11.9. The number of hydrogen-bond donors (Lipinski definition) is 0. The second-order valence-corrected chi connectivity index (χ2v) is 8.86. The van der Waals surface area contributed by atoms with Crippen molar-refractivity contribution in [3.8, 4) is 23.5 Å². The van der Waals surface area contributed by atoms with Gasteiger partial charge in [-0.25, -0.2) is 9.97 Å². The zero-order chi connectivity index (χ0) is 22.5. The molecule has 158 valence electrons. The lowest BCUT2D eigenvalue weighted by atomic mass is 9.93. The lowest BCUT2D eigenvalue weighted by Crippen LogP contribution is -2.03. The molecule has 0 aliphatic heterocycles. The summed E-state index contributed by atoms with van der Waals surface area (Å²) in [7, 11) is 0. The van der Waals surface area contributed by atoms with Gasteiger partial charge in [0.1, 0.15) is 5.82 Å². The summed E-state index contributed by atoms with van der Waals surface area (Å²) in [6.45, 7) is 4.38. The summed E-state index contributed by atoms with van der Waals surface area (Å²) in [5, 5.41) is 0. The average molecular weight is 435 g/mol. The third-order valence-corrected chi connectivity index (χ3v) is 6.47. The third kappa shape index (κ3) is 5.10. The summed E-state index contributed by atoms with van der Waals surface area (Å²) in [6, 6.07) is 23.4. The van der Waals surface area contributed by atoms with Gasteiger partial charge >= 0.3 is 0 Å². The van der Waals surface area contributed by atoms with E-state index >= 15 is 0 Å². The summed E-state index contributed by atoms with van der Waals surface area (Å²) in [6.07, 6.45) is 10.9. The largest absolute Gasteiger partial charge is 0.241 e. The number of hydrogen-bond acceptors (Lipinski definition) is 3. The van der Waals surface area contributed by atoms with Crippen LogP contribution in [-0.4, -0.2) is 16.2 Å². The predicted octanol–water partition coefficient (Wildman–Crippen LogP) is 6.65. The van der Waals surface area contributed by atoms with Gasteiger partial charge in [-0.2, -0.15) is 0 Å². The molecule has 4 aromatic rings. The number of benzene rings is 3. The minimum absolute atomic E-state index is 0.696. The van der Waals surface area contributed by atoms with Crippen molar-refractivity contribution >= 4 is 11.8 Å². The Bertz CT molecular complexity index is 1240. The third-order valence-electron chi connectivity index (χ3n) is 5.72. The molecule has 1 aromatic heterocycles. The van der Waals surface area contributed by atoms with Gasteiger partial charge in [0, 0.05) is 35.2 Å². The molecule has 1 heterocycles. The molecule has 0 aliphatic carbocycles. The smallest absolute Gasteiger partial charge is 0.132 e. The summed E-state index contributed by atoms with van der Waals surface area (Å²) < 4.78 is 0. The molecular weight excluding hydrogens is 408 g/mol. The Morgan fingerprint density at radius 1 is 0.844 bits per heavy atom. The van der Waals surface area contributed by atoms with Crippen molar-refractivity contribution in [2.24, 2.45) is 0 Å². The molecule has 32 heavy (non-hydrogen) atoms. The van der Waals surface area contributed by atoms with E-state index in [9.17, 15) is 0 Å². The predicted molar refractivity (Wildman–Crippen MR) is 135 cm³/mol. The topological polar surface area (TPSA) is 25.8 Å². The van der Waals surface area contributed by atoms with E-state index < -0.39 is 0 Å². The van der Waals surface area contributed by atoms with Gasteiger partial charge in [-0.3, -0.25) is 0 Å². The van der Waals surface area contributed by atoms with Crippen LogP contribution in [0.1, 0.15) is 39.3 Å². The van der Waals surface area contributed by atoms with E-state index in [0.717, 1.165) is 29.1 Å². The second kappa shape index (κ2) is 9.85. The lowest BCUT2D eigenvalue weighted by Gasteiger charge is -2.13. The van der Waals surface area contributed by atoms with Crippen molar-refractivity contribution < 1.29 is 0 Å². The molecule has 3 heteroatoms. The lowest BCUT2D eigenvalue weighted by molar-refractivity contribution is 0.912. The maximum Gasteiger partial charge on any atom is 0.132 e. The van der Waals surface area contributed by atoms with Crippen molar-refractivity contribution in [2.75, 3.05) is 6.26 Å². The quantitative estimate of drug-likeness (QED) is 0.251. The highest BCUT2D eigenvalue weighted by atomic mass is 32.2. The Hall–Kier alpha value is -3.35.